The van der Waals surface area contributed by atoms with Crippen LogP contribution in [-0.2, 0) is 6.54 Å². The second kappa shape index (κ2) is 5.12. The number of hydrogen-bond donors (Lipinski definition) is 1. The summed E-state index contributed by atoms with van der Waals surface area (Å²) in [6.07, 6.45) is 2.77. The van der Waals surface area contributed by atoms with Crippen molar-refractivity contribution in [2.24, 2.45) is 0 Å². The highest BCUT2D eigenvalue weighted by Crippen LogP contribution is 2.20. The summed E-state index contributed by atoms with van der Waals surface area (Å²) in [4.78, 5) is 4.24. The molecule has 0 aliphatic heterocycles. The van der Waals surface area contributed by atoms with Gasteiger partial charge in [-0.25, -0.2) is 0 Å². The number of nitrogens with zero attached hydrogens (tertiary/aromatic N) is 1. The van der Waals surface area contributed by atoms with E-state index in [0.717, 1.165) is 24.4 Å². The third-order valence-electron chi connectivity index (χ3n) is 2.39. The molecule has 0 spiro atoms. The topological polar surface area (TPSA) is 34.1 Å². The van der Waals surface area contributed by atoms with Gasteiger partial charge in [-0.1, -0.05) is 6.92 Å². The largest absolute Gasteiger partial charge is 0.488 e. The summed E-state index contributed by atoms with van der Waals surface area (Å²) >= 11 is 0. The number of hydrogen-bond acceptors (Lipinski definition) is 3. The molecule has 1 aromatic heterocycles. The zero-order valence-corrected chi connectivity index (χ0v) is 10.0. The molecule has 84 valence electrons. The van der Waals surface area contributed by atoms with Gasteiger partial charge in [0.15, 0.2) is 0 Å². The molecule has 3 heteroatoms. The summed E-state index contributed by atoms with van der Waals surface area (Å²) in [5, 5.41) is 3.07. The molecule has 1 heterocycles. The first-order valence-electron chi connectivity index (χ1n) is 5.36. The predicted molar refractivity (Wildman–Crippen MR) is 62.0 cm³/mol. The minimum absolute atomic E-state index is 0.113. The summed E-state index contributed by atoms with van der Waals surface area (Å²) in [5.74, 6) is 0.891. The average molecular weight is 208 g/mol. The van der Waals surface area contributed by atoms with Crippen LogP contribution in [0.15, 0.2) is 18.3 Å². The maximum atomic E-state index is 5.87. The van der Waals surface area contributed by atoms with Crippen molar-refractivity contribution in [1.82, 2.24) is 10.3 Å². The Balaban J connectivity index is 2.73. The maximum absolute atomic E-state index is 5.87. The Bertz CT molecular complexity index is 310. The van der Waals surface area contributed by atoms with E-state index < -0.39 is 0 Å². The Kier molecular flexibility index (Phi) is 4.09. The monoisotopic (exact) mass is 208 g/mol. The third-order valence-corrected chi connectivity index (χ3v) is 2.39. The zero-order valence-electron chi connectivity index (χ0n) is 10.0. The van der Waals surface area contributed by atoms with Crippen molar-refractivity contribution >= 4 is 0 Å². The number of pyridine rings is 1. The molecule has 0 radical (unpaired) electrons. The summed E-state index contributed by atoms with van der Waals surface area (Å²) in [5.41, 5.74) is 0.889. The molecule has 3 nitrogen and oxygen atoms in total. The van der Waals surface area contributed by atoms with E-state index in [-0.39, 0.29) is 5.60 Å². The van der Waals surface area contributed by atoms with Crippen LogP contribution in [0.2, 0.25) is 0 Å². The Morgan fingerprint density at radius 1 is 1.47 bits per heavy atom. The smallest absolute Gasteiger partial charge is 0.123 e. The fourth-order valence-electron chi connectivity index (χ4n) is 1.19. The third kappa shape index (κ3) is 3.88. The van der Waals surface area contributed by atoms with Crippen molar-refractivity contribution < 1.29 is 4.74 Å². The van der Waals surface area contributed by atoms with Crippen LogP contribution in [0.5, 0.6) is 5.75 Å². The predicted octanol–water partition coefficient (Wildman–Crippen LogP) is 2.37. The number of rotatable bonds is 5. The average Bonchev–Trinajstić information content (AvgIpc) is 2.18. The van der Waals surface area contributed by atoms with Crippen molar-refractivity contribution in [2.75, 3.05) is 7.05 Å². The van der Waals surface area contributed by atoms with Gasteiger partial charge in [-0.2, -0.15) is 0 Å². The summed E-state index contributed by atoms with van der Waals surface area (Å²) in [6.45, 7) is 7.07. The van der Waals surface area contributed by atoms with Crippen LogP contribution < -0.4 is 10.1 Å². The molecular formula is C12H20N2O. The SMILES string of the molecule is CCC(C)(C)Oc1ccnc(CNC)c1. The van der Waals surface area contributed by atoms with Crippen LogP contribution in [-0.4, -0.2) is 17.6 Å². The normalized spacial score (nSPS) is 11.5. The van der Waals surface area contributed by atoms with Gasteiger partial charge < -0.3 is 10.1 Å². The van der Waals surface area contributed by atoms with E-state index in [1.165, 1.54) is 0 Å². The molecule has 0 saturated carbocycles. The highest BCUT2D eigenvalue weighted by atomic mass is 16.5. The quantitative estimate of drug-likeness (QED) is 0.806. The van der Waals surface area contributed by atoms with Crippen molar-refractivity contribution in [1.29, 1.82) is 0 Å². The lowest BCUT2D eigenvalue weighted by molar-refractivity contribution is 0.105. The Morgan fingerprint density at radius 3 is 2.80 bits per heavy atom. The summed E-state index contributed by atoms with van der Waals surface area (Å²) in [6, 6.07) is 3.88. The number of aromatic nitrogens is 1. The first kappa shape index (κ1) is 12.0. The van der Waals surface area contributed by atoms with Gasteiger partial charge >= 0.3 is 0 Å². The molecule has 15 heavy (non-hydrogen) atoms. The molecule has 0 amide bonds. The summed E-state index contributed by atoms with van der Waals surface area (Å²) in [7, 11) is 1.91. The molecular weight excluding hydrogens is 188 g/mol. The van der Waals surface area contributed by atoms with Crippen LogP contribution in [0.4, 0.5) is 0 Å². The minimum atomic E-state index is -0.113. The highest BCUT2D eigenvalue weighted by Gasteiger charge is 2.16. The van der Waals surface area contributed by atoms with Gasteiger partial charge in [-0.3, -0.25) is 4.98 Å². The van der Waals surface area contributed by atoms with E-state index in [9.17, 15) is 0 Å². The van der Waals surface area contributed by atoms with Crippen molar-refractivity contribution in [2.45, 2.75) is 39.3 Å². The number of nitrogens with one attached hydrogen (secondary N) is 1. The van der Waals surface area contributed by atoms with Gasteiger partial charge in [0, 0.05) is 18.8 Å². The lowest BCUT2D eigenvalue weighted by Gasteiger charge is -2.24. The second-order valence-electron chi connectivity index (χ2n) is 4.23. The molecule has 1 rings (SSSR count). The van der Waals surface area contributed by atoms with Crippen molar-refractivity contribution in [3.05, 3.63) is 24.0 Å². The van der Waals surface area contributed by atoms with Gasteiger partial charge in [-0.05, 0) is 33.4 Å². The highest BCUT2D eigenvalue weighted by molar-refractivity contribution is 5.23. The van der Waals surface area contributed by atoms with E-state index in [1.807, 2.05) is 19.2 Å². The fraction of sp³-hybridized carbons (Fsp3) is 0.583. The molecule has 0 bridgehead atoms. The molecule has 0 unspecified atom stereocenters. The Morgan fingerprint density at radius 2 is 2.20 bits per heavy atom. The van der Waals surface area contributed by atoms with Crippen LogP contribution in [0.25, 0.3) is 0 Å². The minimum Gasteiger partial charge on any atom is -0.488 e. The molecule has 0 saturated heterocycles. The van der Waals surface area contributed by atoms with E-state index in [4.69, 9.17) is 4.74 Å². The van der Waals surface area contributed by atoms with E-state index >= 15 is 0 Å². The van der Waals surface area contributed by atoms with E-state index in [2.05, 4.69) is 31.1 Å². The second-order valence-corrected chi connectivity index (χ2v) is 4.23. The zero-order chi connectivity index (χ0) is 11.3. The van der Waals surface area contributed by atoms with Crippen molar-refractivity contribution in [3.8, 4) is 5.75 Å². The van der Waals surface area contributed by atoms with E-state index in [0.29, 0.717) is 0 Å². The molecule has 1 N–H and O–H groups in total. The fourth-order valence-corrected chi connectivity index (χ4v) is 1.19. The van der Waals surface area contributed by atoms with Crippen LogP contribution in [0, 0.1) is 0 Å². The first-order valence-corrected chi connectivity index (χ1v) is 5.36. The maximum Gasteiger partial charge on any atom is 0.123 e. The Hall–Kier alpha value is -1.09. The summed E-state index contributed by atoms with van der Waals surface area (Å²) < 4.78 is 5.87. The lowest BCUT2D eigenvalue weighted by atomic mass is 10.1. The molecule has 0 aromatic carbocycles. The van der Waals surface area contributed by atoms with Gasteiger partial charge in [0.2, 0.25) is 0 Å². The Labute approximate surface area is 91.9 Å². The molecule has 0 fully saturated rings. The van der Waals surface area contributed by atoms with Gasteiger partial charge in [0.05, 0.1) is 5.69 Å². The molecule has 1 aromatic rings. The van der Waals surface area contributed by atoms with Gasteiger partial charge in [0.1, 0.15) is 11.4 Å². The van der Waals surface area contributed by atoms with Gasteiger partial charge in [-0.15, -0.1) is 0 Å². The van der Waals surface area contributed by atoms with Gasteiger partial charge in [0.25, 0.3) is 0 Å². The number of ether oxygens (including phenoxy) is 1. The standard InChI is InChI=1S/C12H20N2O/c1-5-12(2,3)15-11-6-7-14-10(8-11)9-13-4/h6-8,13H,5,9H2,1-4H3. The first-order chi connectivity index (χ1) is 7.07. The lowest BCUT2D eigenvalue weighted by Crippen LogP contribution is -2.26. The van der Waals surface area contributed by atoms with Crippen molar-refractivity contribution in [3.63, 3.8) is 0 Å². The van der Waals surface area contributed by atoms with Crippen LogP contribution in [0.3, 0.4) is 0 Å². The molecule has 0 aliphatic carbocycles. The molecule has 0 atom stereocenters. The van der Waals surface area contributed by atoms with Crippen LogP contribution >= 0.6 is 0 Å². The van der Waals surface area contributed by atoms with Crippen LogP contribution in [0.1, 0.15) is 32.9 Å². The molecule has 0 aliphatic rings. The van der Waals surface area contributed by atoms with E-state index in [1.54, 1.807) is 6.20 Å².